The fourth-order valence-electron chi connectivity index (χ4n) is 3.09. The molecule has 6 nitrogen and oxygen atoms in total. The van der Waals surface area contributed by atoms with Gasteiger partial charge in [0.2, 0.25) is 0 Å². The van der Waals surface area contributed by atoms with E-state index >= 15 is 0 Å². The lowest BCUT2D eigenvalue weighted by molar-refractivity contribution is 0.183. The zero-order chi connectivity index (χ0) is 19.9. The van der Waals surface area contributed by atoms with Crippen LogP contribution < -0.4 is 14.2 Å². The molecular formula is C21H25N3O3S. The Morgan fingerprint density at radius 3 is 2.54 bits per heavy atom. The highest BCUT2D eigenvalue weighted by Crippen LogP contribution is 2.29. The van der Waals surface area contributed by atoms with Crippen LogP contribution in [-0.2, 0) is 6.54 Å². The van der Waals surface area contributed by atoms with Crippen molar-refractivity contribution in [2.45, 2.75) is 19.4 Å². The molecule has 0 aromatic heterocycles. The first-order valence-corrected chi connectivity index (χ1v) is 9.83. The fraction of sp³-hybridized carbons (Fsp3) is 0.286. The summed E-state index contributed by atoms with van der Waals surface area (Å²) in [5.74, 6) is 1.53. The van der Waals surface area contributed by atoms with E-state index in [1.54, 1.807) is 30.9 Å². The molecule has 2 aromatic rings. The van der Waals surface area contributed by atoms with Crippen molar-refractivity contribution in [2.24, 2.45) is 0 Å². The number of rotatable bonds is 7. The zero-order valence-corrected chi connectivity index (χ0v) is 17.1. The number of ether oxygens (including phenoxy) is 2. The first kappa shape index (κ1) is 19.9. The Kier molecular flexibility index (Phi) is 6.71. The molecule has 28 heavy (non-hydrogen) atoms. The van der Waals surface area contributed by atoms with Crippen LogP contribution in [0, 0.1) is 0 Å². The minimum Gasteiger partial charge on any atom is -0.493 e. The van der Waals surface area contributed by atoms with E-state index in [4.69, 9.17) is 9.47 Å². The quantitative estimate of drug-likeness (QED) is 0.701. The SMILES string of the molecule is COc1ccc(CN(CC(C)c2ccccc2)C(=O)N2C=CNS2)cc1OC. The number of amides is 2. The molecule has 1 aliphatic heterocycles. The highest BCUT2D eigenvalue weighted by Gasteiger charge is 2.25. The van der Waals surface area contributed by atoms with Crippen molar-refractivity contribution in [3.63, 3.8) is 0 Å². The van der Waals surface area contributed by atoms with Crippen molar-refractivity contribution in [1.82, 2.24) is 13.9 Å². The van der Waals surface area contributed by atoms with E-state index in [0.717, 1.165) is 5.56 Å². The van der Waals surface area contributed by atoms with Crippen LogP contribution in [0.2, 0.25) is 0 Å². The van der Waals surface area contributed by atoms with E-state index in [9.17, 15) is 4.79 Å². The molecule has 0 radical (unpaired) electrons. The summed E-state index contributed by atoms with van der Waals surface area (Å²) in [5, 5.41) is 0. The summed E-state index contributed by atoms with van der Waals surface area (Å²) in [7, 11) is 3.22. The molecule has 7 heteroatoms. The number of hydrogen-bond acceptors (Lipinski definition) is 5. The molecule has 0 saturated heterocycles. The Hall–Kier alpha value is -2.80. The zero-order valence-electron chi connectivity index (χ0n) is 16.3. The summed E-state index contributed by atoms with van der Waals surface area (Å²) in [6, 6.07) is 15.9. The molecule has 1 heterocycles. The Balaban J connectivity index is 1.81. The first-order chi connectivity index (χ1) is 13.6. The van der Waals surface area contributed by atoms with Gasteiger partial charge < -0.3 is 19.1 Å². The normalized spacial score (nSPS) is 13.8. The summed E-state index contributed by atoms with van der Waals surface area (Å²) in [4.78, 5) is 14.9. The highest BCUT2D eigenvalue weighted by atomic mass is 32.2. The number of nitrogens with one attached hydrogen (secondary N) is 1. The van der Waals surface area contributed by atoms with Crippen LogP contribution in [-0.4, -0.2) is 36.0 Å². The second kappa shape index (κ2) is 9.41. The summed E-state index contributed by atoms with van der Waals surface area (Å²) in [6.07, 6.45) is 3.49. The van der Waals surface area contributed by atoms with Gasteiger partial charge in [-0.25, -0.2) is 9.10 Å². The minimum atomic E-state index is -0.0659. The monoisotopic (exact) mass is 399 g/mol. The number of nitrogens with zero attached hydrogens (tertiary/aromatic N) is 2. The maximum Gasteiger partial charge on any atom is 0.335 e. The second-order valence-electron chi connectivity index (χ2n) is 6.51. The fourth-order valence-corrected chi connectivity index (χ4v) is 3.64. The van der Waals surface area contributed by atoms with Gasteiger partial charge in [0.25, 0.3) is 0 Å². The van der Waals surface area contributed by atoms with E-state index in [0.29, 0.717) is 24.6 Å². The predicted octanol–water partition coefficient (Wildman–Crippen LogP) is 4.37. The van der Waals surface area contributed by atoms with Crippen molar-refractivity contribution in [3.05, 3.63) is 72.1 Å². The highest BCUT2D eigenvalue weighted by molar-refractivity contribution is 7.96. The number of urea groups is 1. The number of carbonyl (C=O) groups is 1. The molecule has 148 valence electrons. The summed E-state index contributed by atoms with van der Waals surface area (Å²) in [6.45, 7) is 3.21. The van der Waals surface area contributed by atoms with Crippen LogP contribution in [0.25, 0.3) is 0 Å². The molecule has 2 aromatic carbocycles. The Bertz CT molecular complexity index is 829. The third kappa shape index (κ3) is 4.72. The first-order valence-electron chi connectivity index (χ1n) is 9.05. The molecule has 0 saturated carbocycles. The van der Waals surface area contributed by atoms with Crippen molar-refractivity contribution in [2.75, 3.05) is 20.8 Å². The van der Waals surface area contributed by atoms with Gasteiger partial charge >= 0.3 is 6.03 Å². The smallest absolute Gasteiger partial charge is 0.335 e. The average Bonchev–Trinajstić information content (AvgIpc) is 3.28. The predicted molar refractivity (Wildman–Crippen MR) is 112 cm³/mol. The lowest BCUT2D eigenvalue weighted by Gasteiger charge is -2.29. The minimum absolute atomic E-state index is 0.0659. The summed E-state index contributed by atoms with van der Waals surface area (Å²) in [5.41, 5.74) is 2.18. The van der Waals surface area contributed by atoms with Crippen molar-refractivity contribution in [1.29, 1.82) is 0 Å². The van der Waals surface area contributed by atoms with Gasteiger partial charge in [-0.15, -0.1) is 0 Å². The van der Waals surface area contributed by atoms with Crippen molar-refractivity contribution >= 4 is 18.2 Å². The van der Waals surface area contributed by atoms with Crippen molar-refractivity contribution in [3.8, 4) is 11.5 Å². The molecule has 3 rings (SSSR count). The molecule has 0 spiro atoms. The summed E-state index contributed by atoms with van der Waals surface area (Å²) < 4.78 is 15.3. The van der Waals surface area contributed by atoms with Crippen LogP contribution in [0.3, 0.4) is 0 Å². The van der Waals surface area contributed by atoms with Crippen LogP contribution in [0.15, 0.2) is 60.9 Å². The molecule has 0 aliphatic carbocycles. The maximum absolute atomic E-state index is 13.1. The lowest BCUT2D eigenvalue weighted by atomic mass is 10.0. The van der Waals surface area contributed by atoms with Gasteiger partial charge in [-0.2, -0.15) is 0 Å². The van der Waals surface area contributed by atoms with Crippen LogP contribution in [0.4, 0.5) is 4.79 Å². The topological polar surface area (TPSA) is 54.0 Å². The third-order valence-corrected chi connectivity index (χ3v) is 5.29. The lowest BCUT2D eigenvalue weighted by Crippen LogP contribution is -2.39. The van der Waals surface area contributed by atoms with E-state index in [-0.39, 0.29) is 11.9 Å². The van der Waals surface area contributed by atoms with Gasteiger partial charge in [-0.1, -0.05) is 43.3 Å². The van der Waals surface area contributed by atoms with Gasteiger partial charge in [0.1, 0.15) is 0 Å². The molecule has 1 aliphatic rings. The standard InChI is InChI=1S/C21H25N3O3S/c1-16(18-7-5-4-6-8-18)14-23(21(25)24-12-11-22-28-24)15-17-9-10-19(26-2)20(13-17)27-3/h4-13,16,22H,14-15H2,1-3H3. The Morgan fingerprint density at radius 2 is 1.89 bits per heavy atom. The largest absolute Gasteiger partial charge is 0.493 e. The van der Waals surface area contributed by atoms with Crippen LogP contribution in [0.5, 0.6) is 11.5 Å². The van der Waals surface area contributed by atoms with Gasteiger partial charge in [0.15, 0.2) is 11.5 Å². The Labute approximate surface area is 170 Å². The Morgan fingerprint density at radius 1 is 1.14 bits per heavy atom. The number of carbonyl (C=O) groups excluding carboxylic acids is 1. The van der Waals surface area contributed by atoms with Gasteiger partial charge in [-0.3, -0.25) is 0 Å². The third-order valence-electron chi connectivity index (χ3n) is 4.57. The number of hydrogen-bond donors (Lipinski definition) is 1. The number of benzene rings is 2. The van der Waals surface area contributed by atoms with E-state index in [1.807, 2.05) is 41.3 Å². The van der Waals surface area contributed by atoms with E-state index in [2.05, 4.69) is 23.8 Å². The van der Waals surface area contributed by atoms with E-state index < -0.39 is 0 Å². The molecular weight excluding hydrogens is 374 g/mol. The molecule has 1 atom stereocenters. The van der Waals surface area contributed by atoms with Gasteiger partial charge in [0, 0.05) is 25.5 Å². The summed E-state index contributed by atoms with van der Waals surface area (Å²) >= 11 is 1.26. The average molecular weight is 400 g/mol. The number of methoxy groups -OCH3 is 2. The van der Waals surface area contributed by atoms with Gasteiger partial charge in [0.05, 0.1) is 26.4 Å². The van der Waals surface area contributed by atoms with Gasteiger partial charge in [-0.05, 0) is 29.2 Å². The van der Waals surface area contributed by atoms with E-state index in [1.165, 1.54) is 17.7 Å². The van der Waals surface area contributed by atoms with Crippen LogP contribution in [0.1, 0.15) is 24.0 Å². The molecule has 0 fully saturated rings. The molecule has 2 amide bonds. The second-order valence-corrected chi connectivity index (χ2v) is 7.33. The van der Waals surface area contributed by atoms with Crippen LogP contribution >= 0.6 is 12.1 Å². The molecule has 0 bridgehead atoms. The molecule has 1 unspecified atom stereocenters. The molecule has 1 N–H and O–H groups in total. The maximum atomic E-state index is 13.1. The van der Waals surface area contributed by atoms with Crippen molar-refractivity contribution < 1.29 is 14.3 Å².